The van der Waals surface area contributed by atoms with Crippen molar-refractivity contribution in [2.75, 3.05) is 18.8 Å². The molecule has 10 heteroatoms. The van der Waals surface area contributed by atoms with Crippen molar-refractivity contribution in [3.05, 3.63) is 72.3 Å². The van der Waals surface area contributed by atoms with E-state index >= 15 is 0 Å². The lowest BCUT2D eigenvalue weighted by molar-refractivity contribution is -0.132. The fraction of sp³-hybridized carbons (Fsp3) is 0.167. The Labute approximate surface area is 195 Å². The Morgan fingerprint density at radius 2 is 1.71 bits per heavy atom. The fourth-order valence-electron chi connectivity index (χ4n) is 3.87. The van der Waals surface area contributed by atoms with E-state index in [-0.39, 0.29) is 24.0 Å². The van der Waals surface area contributed by atoms with E-state index in [0.29, 0.717) is 35.7 Å². The summed E-state index contributed by atoms with van der Waals surface area (Å²) in [4.78, 5) is 36.6. The monoisotopic (exact) mass is 461 g/mol. The van der Waals surface area contributed by atoms with E-state index in [1.165, 1.54) is 9.58 Å². The molecule has 2 heterocycles. The molecule has 2 aromatic carbocycles. The SMILES string of the molecule is NC(=O)c1c(-c2ccc(Oc3ccccc3)cc2)nn(C2CCN(C(=O)C=CC(=O)O)C2)c1N. The van der Waals surface area contributed by atoms with E-state index in [2.05, 4.69) is 5.10 Å². The largest absolute Gasteiger partial charge is 0.478 e. The Morgan fingerprint density at radius 3 is 2.35 bits per heavy atom. The lowest BCUT2D eigenvalue weighted by Crippen LogP contribution is -2.28. The van der Waals surface area contributed by atoms with Gasteiger partial charge in [0.05, 0.1) is 6.04 Å². The molecule has 1 saturated heterocycles. The molecule has 4 rings (SSSR count). The summed E-state index contributed by atoms with van der Waals surface area (Å²) in [6, 6.07) is 16.1. The summed E-state index contributed by atoms with van der Waals surface area (Å²) >= 11 is 0. The normalized spacial score (nSPS) is 15.5. The van der Waals surface area contributed by atoms with Gasteiger partial charge in [-0.3, -0.25) is 9.59 Å². The highest BCUT2D eigenvalue weighted by Gasteiger charge is 2.31. The second-order valence-electron chi connectivity index (χ2n) is 7.76. The quantitative estimate of drug-likeness (QED) is 0.457. The molecule has 0 bridgehead atoms. The topological polar surface area (TPSA) is 154 Å². The standard InChI is InChI=1S/C24H23N5O5/c25-23-21(24(26)33)22(15-6-8-18(9-7-15)34-17-4-2-1-3-5-17)27-29(23)16-12-13-28(14-16)19(30)10-11-20(31)32/h1-11,16H,12-14,25H2,(H2,26,33)(H,31,32). The number of benzene rings is 2. The van der Waals surface area contributed by atoms with Crippen molar-refractivity contribution in [1.29, 1.82) is 0 Å². The minimum Gasteiger partial charge on any atom is -0.478 e. The second-order valence-corrected chi connectivity index (χ2v) is 7.76. The first kappa shape index (κ1) is 22.6. The summed E-state index contributed by atoms with van der Waals surface area (Å²) in [6.45, 7) is 0.676. The number of nitrogen functional groups attached to an aromatic ring is 1. The number of carbonyl (C=O) groups is 3. The van der Waals surface area contributed by atoms with E-state index in [0.717, 1.165) is 12.2 Å². The van der Waals surface area contributed by atoms with Crippen LogP contribution in [0.15, 0.2) is 66.7 Å². The van der Waals surface area contributed by atoms with Crippen molar-refractivity contribution in [3.63, 3.8) is 0 Å². The maximum Gasteiger partial charge on any atom is 0.328 e. The van der Waals surface area contributed by atoms with Gasteiger partial charge in [0.1, 0.15) is 28.6 Å². The Hall–Kier alpha value is -4.60. The van der Waals surface area contributed by atoms with Crippen LogP contribution in [0, 0.1) is 0 Å². The number of carbonyl (C=O) groups excluding carboxylic acids is 2. The third-order valence-corrected chi connectivity index (χ3v) is 5.49. The molecule has 3 aromatic rings. The predicted octanol–water partition coefficient (Wildman–Crippen LogP) is 2.44. The molecule has 1 unspecified atom stereocenters. The second kappa shape index (κ2) is 9.49. The van der Waals surface area contributed by atoms with E-state index in [4.69, 9.17) is 21.3 Å². The molecule has 1 atom stereocenters. The lowest BCUT2D eigenvalue weighted by Gasteiger charge is -2.15. The number of anilines is 1. The molecule has 174 valence electrons. The summed E-state index contributed by atoms with van der Waals surface area (Å²) in [6.07, 6.45) is 2.35. The molecule has 0 radical (unpaired) electrons. The Morgan fingerprint density at radius 1 is 1.03 bits per heavy atom. The number of nitrogens with zero attached hydrogens (tertiary/aromatic N) is 3. The summed E-state index contributed by atoms with van der Waals surface area (Å²) in [5.74, 6) is -0.898. The number of hydrogen-bond acceptors (Lipinski definition) is 6. The molecular weight excluding hydrogens is 438 g/mol. The lowest BCUT2D eigenvalue weighted by atomic mass is 10.1. The molecule has 1 aliphatic rings. The van der Waals surface area contributed by atoms with Crippen molar-refractivity contribution >= 4 is 23.6 Å². The number of likely N-dealkylation sites (tertiary alicyclic amines) is 1. The first-order valence-electron chi connectivity index (χ1n) is 10.5. The molecule has 1 aromatic heterocycles. The highest BCUT2D eigenvalue weighted by molar-refractivity contribution is 6.03. The van der Waals surface area contributed by atoms with Crippen molar-refractivity contribution in [2.24, 2.45) is 5.73 Å². The number of ether oxygens (including phenoxy) is 1. The molecule has 5 N–H and O–H groups in total. The van der Waals surface area contributed by atoms with Gasteiger partial charge >= 0.3 is 5.97 Å². The number of primary amides is 1. The summed E-state index contributed by atoms with van der Waals surface area (Å²) in [5.41, 5.74) is 12.9. The van der Waals surface area contributed by atoms with Crippen molar-refractivity contribution in [3.8, 4) is 22.8 Å². The highest BCUT2D eigenvalue weighted by atomic mass is 16.5. The molecule has 1 aliphatic heterocycles. The molecule has 34 heavy (non-hydrogen) atoms. The van der Waals surface area contributed by atoms with Crippen LogP contribution in [0.1, 0.15) is 22.8 Å². The number of hydrogen-bond donors (Lipinski definition) is 3. The minimum atomic E-state index is -1.20. The van der Waals surface area contributed by atoms with Gasteiger partial charge in [-0.15, -0.1) is 0 Å². The van der Waals surface area contributed by atoms with Crippen LogP contribution in [0.3, 0.4) is 0 Å². The number of rotatable bonds is 7. The number of aromatic nitrogens is 2. The van der Waals surface area contributed by atoms with E-state index in [9.17, 15) is 14.4 Å². The summed E-state index contributed by atoms with van der Waals surface area (Å²) < 4.78 is 7.32. The van der Waals surface area contributed by atoms with Gasteiger partial charge < -0.3 is 26.2 Å². The van der Waals surface area contributed by atoms with E-state index in [1.54, 1.807) is 24.3 Å². The van der Waals surface area contributed by atoms with Crippen LogP contribution in [0.2, 0.25) is 0 Å². The molecule has 10 nitrogen and oxygen atoms in total. The number of carboxylic acid groups (broad SMARTS) is 1. The average molecular weight is 461 g/mol. The van der Waals surface area contributed by atoms with Gasteiger partial charge in [0.15, 0.2) is 0 Å². The maximum atomic E-state index is 12.2. The van der Waals surface area contributed by atoms with E-state index < -0.39 is 17.8 Å². The zero-order chi connectivity index (χ0) is 24.2. The highest BCUT2D eigenvalue weighted by Crippen LogP contribution is 2.33. The summed E-state index contributed by atoms with van der Waals surface area (Å²) in [5, 5.41) is 13.3. The minimum absolute atomic E-state index is 0.104. The smallest absolute Gasteiger partial charge is 0.328 e. The van der Waals surface area contributed by atoms with Gasteiger partial charge in [0.2, 0.25) is 5.91 Å². The molecule has 0 aliphatic carbocycles. The van der Waals surface area contributed by atoms with Crippen LogP contribution in [0.4, 0.5) is 5.82 Å². The number of carboxylic acids is 1. The van der Waals surface area contributed by atoms with Gasteiger partial charge in [0, 0.05) is 30.8 Å². The number of amides is 2. The van der Waals surface area contributed by atoms with Gasteiger partial charge in [-0.2, -0.15) is 5.10 Å². The third-order valence-electron chi connectivity index (χ3n) is 5.49. The predicted molar refractivity (Wildman–Crippen MR) is 124 cm³/mol. The third kappa shape index (κ3) is 4.75. The average Bonchev–Trinajstić information content (AvgIpc) is 3.43. The molecule has 0 saturated carbocycles. The van der Waals surface area contributed by atoms with Crippen molar-refractivity contribution in [1.82, 2.24) is 14.7 Å². The van der Waals surface area contributed by atoms with Crippen molar-refractivity contribution in [2.45, 2.75) is 12.5 Å². The van der Waals surface area contributed by atoms with Crippen LogP contribution < -0.4 is 16.2 Å². The molecule has 2 amide bonds. The van der Waals surface area contributed by atoms with Gasteiger partial charge in [0.25, 0.3) is 5.91 Å². The van der Waals surface area contributed by atoms with Crippen LogP contribution in [-0.4, -0.2) is 50.7 Å². The number of nitrogens with two attached hydrogens (primary N) is 2. The zero-order valence-electron chi connectivity index (χ0n) is 18.1. The number of para-hydroxylation sites is 1. The van der Waals surface area contributed by atoms with E-state index in [1.807, 2.05) is 30.3 Å². The van der Waals surface area contributed by atoms with Crippen molar-refractivity contribution < 1.29 is 24.2 Å². The molecular formula is C24H23N5O5. The number of aliphatic carboxylic acids is 1. The molecule has 0 spiro atoms. The van der Waals surface area contributed by atoms with Crippen LogP contribution in [0.25, 0.3) is 11.3 Å². The van der Waals surface area contributed by atoms with Gasteiger partial charge in [-0.25, -0.2) is 9.48 Å². The molecule has 1 fully saturated rings. The first-order chi connectivity index (χ1) is 16.3. The van der Waals surface area contributed by atoms with Crippen LogP contribution >= 0.6 is 0 Å². The summed E-state index contributed by atoms with van der Waals surface area (Å²) in [7, 11) is 0. The van der Waals surface area contributed by atoms with Gasteiger partial charge in [-0.1, -0.05) is 18.2 Å². The van der Waals surface area contributed by atoms with Gasteiger partial charge in [-0.05, 0) is 42.8 Å². The Bertz CT molecular complexity index is 1250. The Kier molecular flexibility index (Phi) is 6.30. The maximum absolute atomic E-state index is 12.2. The first-order valence-corrected chi connectivity index (χ1v) is 10.5. The Balaban J connectivity index is 1.57. The zero-order valence-corrected chi connectivity index (χ0v) is 18.1. The fourth-order valence-corrected chi connectivity index (χ4v) is 3.87. The van der Waals surface area contributed by atoms with Crippen LogP contribution in [0.5, 0.6) is 11.5 Å². The van der Waals surface area contributed by atoms with Crippen LogP contribution in [-0.2, 0) is 9.59 Å².